The SMILES string of the molecule is CCCC1CCC(/C=C/CCC2CCC(c3cc(F)c(F)c(F)c3)CC2)CC1. The van der Waals surface area contributed by atoms with Crippen molar-refractivity contribution in [2.24, 2.45) is 17.8 Å². The van der Waals surface area contributed by atoms with E-state index in [1.54, 1.807) is 0 Å². The largest absolute Gasteiger partial charge is 0.204 e. The van der Waals surface area contributed by atoms with Crippen LogP contribution < -0.4 is 0 Å². The third-order valence-electron chi connectivity index (χ3n) is 7.06. The fourth-order valence-corrected chi connectivity index (χ4v) is 5.29. The molecule has 1 aromatic rings. The zero-order valence-corrected chi connectivity index (χ0v) is 17.2. The van der Waals surface area contributed by atoms with E-state index in [0.717, 1.165) is 43.9 Å². The molecule has 3 rings (SSSR count). The highest BCUT2D eigenvalue weighted by Crippen LogP contribution is 2.38. The summed E-state index contributed by atoms with van der Waals surface area (Å²) < 4.78 is 40.1. The number of halogens is 3. The Bertz CT molecular complexity index is 612. The van der Waals surface area contributed by atoms with Gasteiger partial charge in [0.15, 0.2) is 17.5 Å². The van der Waals surface area contributed by atoms with Crippen LogP contribution in [0.15, 0.2) is 24.3 Å². The predicted molar refractivity (Wildman–Crippen MR) is 110 cm³/mol. The molecule has 0 radical (unpaired) electrons. The Balaban J connectivity index is 1.36. The third-order valence-corrected chi connectivity index (χ3v) is 7.06. The maximum atomic E-state index is 13.5. The third kappa shape index (κ3) is 5.87. The van der Waals surface area contributed by atoms with Gasteiger partial charge in [-0.3, -0.25) is 0 Å². The van der Waals surface area contributed by atoms with E-state index in [4.69, 9.17) is 0 Å². The summed E-state index contributed by atoms with van der Waals surface area (Å²) >= 11 is 0. The molecule has 0 N–H and O–H groups in total. The van der Waals surface area contributed by atoms with Crippen molar-refractivity contribution in [1.29, 1.82) is 0 Å². The molecule has 0 heterocycles. The Morgan fingerprint density at radius 1 is 0.821 bits per heavy atom. The number of hydrogen-bond acceptors (Lipinski definition) is 0. The lowest BCUT2D eigenvalue weighted by Gasteiger charge is -2.29. The van der Waals surface area contributed by atoms with Crippen LogP contribution in [0.4, 0.5) is 13.2 Å². The van der Waals surface area contributed by atoms with E-state index in [0.29, 0.717) is 11.5 Å². The first-order valence-electron chi connectivity index (χ1n) is 11.4. The molecule has 2 aliphatic rings. The minimum absolute atomic E-state index is 0.162. The lowest BCUT2D eigenvalue weighted by atomic mass is 9.77. The van der Waals surface area contributed by atoms with E-state index in [1.165, 1.54) is 57.1 Å². The van der Waals surface area contributed by atoms with Crippen molar-refractivity contribution in [1.82, 2.24) is 0 Å². The van der Waals surface area contributed by atoms with Crippen molar-refractivity contribution < 1.29 is 13.2 Å². The van der Waals surface area contributed by atoms with Crippen LogP contribution in [0.1, 0.15) is 95.5 Å². The van der Waals surface area contributed by atoms with Gasteiger partial charge in [0.1, 0.15) is 0 Å². The van der Waals surface area contributed by atoms with Crippen LogP contribution in [-0.4, -0.2) is 0 Å². The van der Waals surface area contributed by atoms with Crippen molar-refractivity contribution in [3.63, 3.8) is 0 Å². The molecule has 28 heavy (non-hydrogen) atoms. The molecule has 2 fully saturated rings. The molecule has 0 amide bonds. The first-order valence-corrected chi connectivity index (χ1v) is 11.4. The molecule has 2 saturated carbocycles. The van der Waals surface area contributed by atoms with Crippen LogP contribution in [0.25, 0.3) is 0 Å². The first-order chi connectivity index (χ1) is 13.6. The molecule has 0 bridgehead atoms. The summed E-state index contributed by atoms with van der Waals surface area (Å²) in [6, 6.07) is 2.36. The normalized spacial score (nSPS) is 28.7. The van der Waals surface area contributed by atoms with Crippen LogP contribution in [0.3, 0.4) is 0 Å². The average molecular weight is 393 g/mol. The number of rotatable bonds is 7. The fourth-order valence-electron chi connectivity index (χ4n) is 5.29. The quantitative estimate of drug-likeness (QED) is 0.323. The predicted octanol–water partition coefficient (Wildman–Crippen LogP) is 8.32. The van der Waals surface area contributed by atoms with E-state index >= 15 is 0 Å². The minimum atomic E-state index is -1.36. The Morgan fingerprint density at radius 3 is 2.00 bits per heavy atom. The average Bonchev–Trinajstić information content (AvgIpc) is 2.71. The van der Waals surface area contributed by atoms with Crippen LogP contribution in [0.2, 0.25) is 0 Å². The molecule has 0 aliphatic heterocycles. The van der Waals surface area contributed by atoms with E-state index in [-0.39, 0.29) is 5.92 Å². The molecule has 0 atom stereocenters. The molecule has 0 nitrogen and oxygen atoms in total. The van der Waals surface area contributed by atoms with Gasteiger partial charge in [0.05, 0.1) is 0 Å². The van der Waals surface area contributed by atoms with Crippen LogP contribution in [0, 0.1) is 35.2 Å². The van der Waals surface area contributed by atoms with Crippen molar-refractivity contribution in [3.05, 3.63) is 47.3 Å². The van der Waals surface area contributed by atoms with E-state index in [2.05, 4.69) is 19.1 Å². The zero-order chi connectivity index (χ0) is 19.9. The molecule has 0 saturated heterocycles. The van der Waals surface area contributed by atoms with E-state index in [1.807, 2.05) is 0 Å². The molecule has 3 heteroatoms. The second-order valence-corrected chi connectivity index (χ2v) is 9.09. The van der Waals surface area contributed by atoms with Crippen molar-refractivity contribution in [2.75, 3.05) is 0 Å². The summed E-state index contributed by atoms with van der Waals surface area (Å²) in [7, 11) is 0. The highest BCUT2D eigenvalue weighted by Gasteiger charge is 2.24. The van der Waals surface area contributed by atoms with Crippen molar-refractivity contribution >= 4 is 0 Å². The number of allylic oxidation sites excluding steroid dienone is 2. The molecule has 0 unspecified atom stereocenters. The van der Waals surface area contributed by atoms with E-state index in [9.17, 15) is 13.2 Å². The molecule has 1 aromatic carbocycles. The van der Waals surface area contributed by atoms with Gasteiger partial charge in [-0.05, 0) is 106 Å². The Hall–Kier alpha value is -1.25. The lowest BCUT2D eigenvalue weighted by Crippen LogP contribution is -2.14. The summed E-state index contributed by atoms with van der Waals surface area (Å²) in [4.78, 5) is 0. The molecule has 2 aliphatic carbocycles. The Labute approximate surface area is 168 Å². The summed E-state index contributed by atoms with van der Waals surface area (Å²) in [5.74, 6) is -0.869. The summed E-state index contributed by atoms with van der Waals surface area (Å²) in [6.07, 6.45) is 19.5. The monoisotopic (exact) mass is 392 g/mol. The summed E-state index contributed by atoms with van der Waals surface area (Å²) in [5.41, 5.74) is 0.619. The van der Waals surface area contributed by atoms with Crippen molar-refractivity contribution in [3.8, 4) is 0 Å². The number of benzene rings is 1. The van der Waals surface area contributed by atoms with Gasteiger partial charge >= 0.3 is 0 Å². The lowest BCUT2D eigenvalue weighted by molar-refractivity contribution is 0.293. The smallest absolute Gasteiger partial charge is 0.194 e. The molecule has 0 spiro atoms. The van der Waals surface area contributed by atoms with Gasteiger partial charge < -0.3 is 0 Å². The van der Waals surface area contributed by atoms with Crippen LogP contribution in [-0.2, 0) is 0 Å². The maximum absolute atomic E-state index is 13.5. The second kappa shape index (κ2) is 10.5. The fraction of sp³-hybridized carbons (Fsp3) is 0.680. The Kier molecular flexibility index (Phi) is 8.05. The van der Waals surface area contributed by atoms with Crippen LogP contribution >= 0.6 is 0 Å². The second-order valence-electron chi connectivity index (χ2n) is 9.09. The van der Waals surface area contributed by atoms with E-state index < -0.39 is 17.5 Å². The summed E-state index contributed by atoms with van der Waals surface area (Å²) in [5, 5.41) is 0. The van der Waals surface area contributed by atoms with Gasteiger partial charge in [0, 0.05) is 0 Å². The van der Waals surface area contributed by atoms with Gasteiger partial charge in [-0.25, -0.2) is 13.2 Å². The van der Waals surface area contributed by atoms with Gasteiger partial charge in [-0.2, -0.15) is 0 Å². The zero-order valence-electron chi connectivity index (χ0n) is 17.2. The highest BCUT2D eigenvalue weighted by molar-refractivity contribution is 5.23. The number of hydrogen-bond donors (Lipinski definition) is 0. The minimum Gasteiger partial charge on any atom is -0.204 e. The molecular weight excluding hydrogens is 357 g/mol. The molecule has 156 valence electrons. The first kappa shape index (κ1) is 21.5. The molecule has 0 aromatic heterocycles. The summed E-state index contributed by atoms with van der Waals surface area (Å²) in [6.45, 7) is 2.29. The van der Waals surface area contributed by atoms with Gasteiger partial charge in [-0.15, -0.1) is 0 Å². The molecular formula is C25H35F3. The topological polar surface area (TPSA) is 0 Å². The van der Waals surface area contributed by atoms with Crippen molar-refractivity contribution in [2.45, 2.75) is 89.9 Å². The van der Waals surface area contributed by atoms with Gasteiger partial charge in [-0.1, -0.05) is 31.9 Å². The maximum Gasteiger partial charge on any atom is 0.194 e. The highest BCUT2D eigenvalue weighted by atomic mass is 19.2. The van der Waals surface area contributed by atoms with Gasteiger partial charge in [0.2, 0.25) is 0 Å². The Morgan fingerprint density at radius 2 is 1.39 bits per heavy atom. The standard InChI is InChI=1S/C25H35F3/c1-2-5-18-8-10-19(11-9-18)6-3-4-7-20-12-14-21(15-13-20)22-16-23(26)25(28)24(27)17-22/h3,6,16-21H,2,4-5,7-15H2,1H3/b6-3+. The van der Waals surface area contributed by atoms with Gasteiger partial charge in [0.25, 0.3) is 0 Å². The van der Waals surface area contributed by atoms with Crippen LogP contribution in [0.5, 0.6) is 0 Å².